The number of likely N-dealkylation sites (N-methyl/N-ethyl adjacent to an activating group) is 1. The van der Waals surface area contributed by atoms with Gasteiger partial charge in [0, 0.05) is 12.6 Å². The van der Waals surface area contributed by atoms with Crippen LogP contribution >= 0.6 is 0 Å². The quantitative estimate of drug-likeness (QED) is 0.681. The summed E-state index contributed by atoms with van der Waals surface area (Å²) >= 11 is 0. The molecule has 0 aliphatic heterocycles. The maximum Gasteiger partial charge on any atom is 0.0240 e. The van der Waals surface area contributed by atoms with Crippen LogP contribution in [0.25, 0.3) is 0 Å². The molecule has 0 saturated carbocycles. The van der Waals surface area contributed by atoms with E-state index in [4.69, 9.17) is 0 Å². The Morgan fingerprint density at radius 2 is 1.32 bits per heavy atom. The Labute approximate surface area is 122 Å². The van der Waals surface area contributed by atoms with Gasteiger partial charge < -0.3 is 10.2 Å². The molecule has 0 bridgehead atoms. The zero-order valence-electron chi connectivity index (χ0n) is 14.7. The summed E-state index contributed by atoms with van der Waals surface area (Å²) < 4.78 is 0. The Morgan fingerprint density at radius 3 is 1.58 bits per heavy atom. The van der Waals surface area contributed by atoms with Gasteiger partial charge in [0.05, 0.1) is 0 Å². The summed E-state index contributed by atoms with van der Waals surface area (Å²) in [6, 6.07) is 0.562. The first-order valence-corrected chi connectivity index (χ1v) is 8.06. The number of nitrogens with zero attached hydrogens (tertiary/aromatic N) is 1. The highest BCUT2D eigenvalue weighted by Crippen LogP contribution is 2.20. The lowest BCUT2D eigenvalue weighted by molar-refractivity contribution is 0.167. The standard InChI is InChI=1S/C17H38N2/c1-14(2)9-11-19(12-10-15(3)4)13-16(18-8)17(5,6)7/h14-16,18H,9-13H2,1-8H3. The molecule has 0 aliphatic rings. The van der Waals surface area contributed by atoms with Gasteiger partial charge in [0.1, 0.15) is 0 Å². The number of hydrogen-bond acceptors (Lipinski definition) is 2. The van der Waals surface area contributed by atoms with Crippen LogP contribution in [0.5, 0.6) is 0 Å². The van der Waals surface area contributed by atoms with Crippen LogP contribution in [-0.4, -0.2) is 37.6 Å². The van der Waals surface area contributed by atoms with E-state index in [9.17, 15) is 0 Å². The highest BCUT2D eigenvalue weighted by atomic mass is 15.1. The van der Waals surface area contributed by atoms with Gasteiger partial charge in [-0.05, 0) is 50.2 Å². The fourth-order valence-electron chi connectivity index (χ4n) is 2.23. The third-order valence-corrected chi connectivity index (χ3v) is 3.88. The summed E-state index contributed by atoms with van der Waals surface area (Å²) in [5.41, 5.74) is 0.322. The molecular formula is C17H38N2. The summed E-state index contributed by atoms with van der Waals surface area (Å²) in [6.45, 7) is 19.9. The Bertz CT molecular complexity index is 204. The first kappa shape index (κ1) is 18.9. The molecule has 0 rings (SSSR count). The highest BCUT2D eigenvalue weighted by molar-refractivity contribution is 4.82. The molecule has 0 aromatic carbocycles. The van der Waals surface area contributed by atoms with E-state index in [2.05, 4.69) is 65.7 Å². The smallest absolute Gasteiger partial charge is 0.0240 e. The number of hydrogen-bond donors (Lipinski definition) is 1. The predicted molar refractivity (Wildman–Crippen MR) is 87.7 cm³/mol. The van der Waals surface area contributed by atoms with E-state index in [0.29, 0.717) is 11.5 Å². The zero-order valence-corrected chi connectivity index (χ0v) is 14.7. The van der Waals surface area contributed by atoms with Crippen LogP contribution in [0.1, 0.15) is 61.3 Å². The lowest BCUT2D eigenvalue weighted by Gasteiger charge is -2.36. The summed E-state index contributed by atoms with van der Waals surface area (Å²) in [5.74, 6) is 1.59. The van der Waals surface area contributed by atoms with Gasteiger partial charge in [-0.1, -0.05) is 48.5 Å². The number of nitrogens with one attached hydrogen (secondary N) is 1. The predicted octanol–water partition coefficient (Wildman–Crippen LogP) is 4.01. The Hall–Kier alpha value is -0.0800. The molecule has 1 atom stereocenters. The van der Waals surface area contributed by atoms with Crippen molar-refractivity contribution in [2.45, 2.75) is 67.3 Å². The molecule has 0 spiro atoms. The SMILES string of the molecule is CNC(CN(CCC(C)C)CCC(C)C)C(C)(C)C. The Morgan fingerprint density at radius 1 is 0.895 bits per heavy atom. The number of rotatable bonds is 9. The molecule has 19 heavy (non-hydrogen) atoms. The summed E-state index contributed by atoms with van der Waals surface area (Å²) in [4.78, 5) is 2.66. The lowest BCUT2D eigenvalue weighted by atomic mass is 9.86. The van der Waals surface area contributed by atoms with Gasteiger partial charge in [-0.15, -0.1) is 0 Å². The van der Waals surface area contributed by atoms with Gasteiger partial charge in [0.15, 0.2) is 0 Å². The molecule has 0 radical (unpaired) electrons. The van der Waals surface area contributed by atoms with Crippen LogP contribution in [0.3, 0.4) is 0 Å². The lowest BCUT2D eigenvalue weighted by Crippen LogP contribution is -2.47. The summed E-state index contributed by atoms with van der Waals surface area (Å²) in [7, 11) is 2.10. The fourth-order valence-corrected chi connectivity index (χ4v) is 2.23. The van der Waals surface area contributed by atoms with E-state index < -0.39 is 0 Å². The minimum absolute atomic E-state index is 0.322. The van der Waals surface area contributed by atoms with E-state index in [1.807, 2.05) is 0 Å². The van der Waals surface area contributed by atoms with E-state index in [1.165, 1.54) is 32.5 Å². The molecule has 1 N–H and O–H groups in total. The second kappa shape index (κ2) is 8.97. The van der Waals surface area contributed by atoms with Crippen molar-refractivity contribution in [3.63, 3.8) is 0 Å². The second-order valence-corrected chi connectivity index (χ2v) is 7.87. The molecule has 2 nitrogen and oxygen atoms in total. The van der Waals surface area contributed by atoms with Crippen LogP contribution in [0, 0.1) is 17.3 Å². The van der Waals surface area contributed by atoms with Gasteiger partial charge in [-0.2, -0.15) is 0 Å². The molecule has 116 valence electrons. The van der Waals surface area contributed by atoms with Crippen LogP contribution in [0.15, 0.2) is 0 Å². The zero-order chi connectivity index (χ0) is 15.1. The van der Waals surface area contributed by atoms with E-state index in [0.717, 1.165) is 11.8 Å². The van der Waals surface area contributed by atoms with E-state index in [-0.39, 0.29) is 0 Å². The molecule has 0 fully saturated rings. The minimum atomic E-state index is 0.322. The Kier molecular flexibility index (Phi) is 8.93. The molecular weight excluding hydrogens is 232 g/mol. The normalized spacial score (nSPS) is 14.7. The first-order valence-electron chi connectivity index (χ1n) is 8.06. The van der Waals surface area contributed by atoms with Crippen molar-refractivity contribution in [3.05, 3.63) is 0 Å². The summed E-state index contributed by atoms with van der Waals surface area (Å²) in [6.07, 6.45) is 2.61. The third kappa shape index (κ3) is 9.45. The maximum atomic E-state index is 3.51. The van der Waals surface area contributed by atoms with Crippen molar-refractivity contribution in [2.24, 2.45) is 17.3 Å². The molecule has 0 amide bonds. The van der Waals surface area contributed by atoms with Crippen molar-refractivity contribution >= 4 is 0 Å². The monoisotopic (exact) mass is 270 g/mol. The largest absolute Gasteiger partial charge is 0.315 e. The van der Waals surface area contributed by atoms with Crippen LogP contribution in [-0.2, 0) is 0 Å². The third-order valence-electron chi connectivity index (χ3n) is 3.88. The Balaban J connectivity index is 4.45. The average molecular weight is 271 g/mol. The summed E-state index contributed by atoms with van der Waals surface area (Å²) in [5, 5.41) is 3.51. The van der Waals surface area contributed by atoms with Crippen molar-refractivity contribution in [2.75, 3.05) is 26.7 Å². The molecule has 0 aromatic heterocycles. The van der Waals surface area contributed by atoms with Gasteiger partial charge in [0.25, 0.3) is 0 Å². The van der Waals surface area contributed by atoms with E-state index >= 15 is 0 Å². The van der Waals surface area contributed by atoms with Gasteiger partial charge in [0.2, 0.25) is 0 Å². The molecule has 2 heteroatoms. The van der Waals surface area contributed by atoms with Crippen molar-refractivity contribution in [1.29, 1.82) is 0 Å². The average Bonchev–Trinajstić information content (AvgIpc) is 2.25. The molecule has 1 unspecified atom stereocenters. The second-order valence-electron chi connectivity index (χ2n) is 7.87. The minimum Gasteiger partial charge on any atom is -0.315 e. The van der Waals surface area contributed by atoms with E-state index in [1.54, 1.807) is 0 Å². The molecule has 0 heterocycles. The molecule has 0 aliphatic carbocycles. The van der Waals surface area contributed by atoms with Crippen LogP contribution in [0.2, 0.25) is 0 Å². The van der Waals surface area contributed by atoms with Gasteiger partial charge in [-0.25, -0.2) is 0 Å². The molecule has 0 aromatic rings. The van der Waals surface area contributed by atoms with Crippen LogP contribution < -0.4 is 5.32 Å². The van der Waals surface area contributed by atoms with Crippen molar-refractivity contribution in [1.82, 2.24) is 10.2 Å². The van der Waals surface area contributed by atoms with Crippen molar-refractivity contribution < 1.29 is 0 Å². The van der Waals surface area contributed by atoms with Gasteiger partial charge in [-0.3, -0.25) is 0 Å². The van der Waals surface area contributed by atoms with Gasteiger partial charge >= 0.3 is 0 Å². The van der Waals surface area contributed by atoms with Crippen molar-refractivity contribution in [3.8, 4) is 0 Å². The van der Waals surface area contributed by atoms with Crippen LogP contribution in [0.4, 0.5) is 0 Å². The fraction of sp³-hybridized carbons (Fsp3) is 1.00. The first-order chi connectivity index (χ1) is 8.66. The topological polar surface area (TPSA) is 15.3 Å². The molecule has 0 saturated heterocycles. The maximum absolute atomic E-state index is 3.51. The highest BCUT2D eigenvalue weighted by Gasteiger charge is 2.25.